The quantitative estimate of drug-likeness (QED) is 0.773. The molecule has 0 atom stereocenters. The Morgan fingerprint density at radius 1 is 1.12 bits per heavy atom. The van der Waals surface area contributed by atoms with Gasteiger partial charge in [0, 0.05) is 12.7 Å². The molecule has 0 aliphatic rings. The van der Waals surface area contributed by atoms with Crippen LogP contribution in [0.2, 0.25) is 0 Å². The summed E-state index contributed by atoms with van der Waals surface area (Å²) in [5.41, 5.74) is 4.51. The summed E-state index contributed by atoms with van der Waals surface area (Å²) >= 11 is 0. The molecule has 86 valence electrons. The molecule has 3 nitrogen and oxygen atoms in total. The van der Waals surface area contributed by atoms with Crippen LogP contribution in [0.5, 0.6) is 0 Å². The summed E-state index contributed by atoms with van der Waals surface area (Å²) in [7, 11) is 1.95. The zero-order valence-corrected chi connectivity index (χ0v) is 10.7. The standard InChI is InChI=1S/C13H19N3/c1-8(2)10-6-11(9(3)4)14-12-7-16(5)15-13(10)12/h6-9H,1-5H3. The van der Waals surface area contributed by atoms with Crippen LogP contribution < -0.4 is 0 Å². The summed E-state index contributed by atoms with van der Waals surface area (Å²) in [6, 6.07) is 2.20. The maximum Gasteiger partial charge on any atom is 0.114 e. The third-order valence-corrected chi connectivity index (χ3v) is 2.85. The van der Waals surface area contributed by atoms with Crippen molar-refractivity contribution < 1.29 is 0 Å². The fourth-order valence-corrected chi connectivity index (χ4v) is 1.90. The SMILES string of the molecule is CC(C)c1cc(C(C)C)c2nn(C)cc2n1. The van der Waals surface area contributed by atoms with Gasteiger partial charge in [-0.15, -0.1) is 0 Å². The molecule has 2 rings (SSSR count). The molecule has 0 spiro atoms. The molecule has 0 saturated heterocycles. The van der Waals surface area contributed by atoms with E-state index in [-0.39, 0.29) is 0 Å². The van der Waals surface area contributed by atoms with Gasteiger partial charge < -0.3 is 0 Å². The fraction of sp³-hybridized carbons (Fsp3) is 0.538. The number of hydrogen-bond acceptors (Lipinski definition) is 2. The Hall–Kier alpha value is -1.38. The van der Waals surface area contributed by atoms with Crippen LogP contribution in [0.15, 0.2) is 12.3 Å². The van der Waals surface area contributed by atoms with Gasteiger partial charge in [0.25, 0.3) is 0 Å². The second-order valence-electron chi connectivity index (χ2n) is 4.98. The first-order chi connectivity index (χ1) is 7.49. The summed E-state index contributed by atoms with van der Waals surface area (Å²) in [4.78, 5) is 4.66. The Balaban J connectivity index is 2.73. The highest BCUT2D eigenvalue weighted by Crippen LogP contribution is 2.26. The van der Waals surface area contributed by atoms with E-state index in [2.05, 4.69) is 43.8 Å². The summed E-state index contributed by atoms with van der Waals surface area (Å²) in [5.74, 6) is 0.944. The second kappa shape index (κ2) is 3.89. The lowest BCUT2D eigenvalue weighted by Crippen LogP contribution is -1.98. The Morgan fingerprint density at radius 3 is 2.38 bits per heavy atom. The molecule has 0 bridgehead atoms. The highest BCUT2D eigenvalue weighted by Gasteiger charge is 2.13. The average molecular weight is 217 g/mol. The molecule has 0 aliphatic carbocycles. The van der Waals surface area contributed by atoms with Crippen LogP contribution in [0.1, 0.15) is 50.8 Å². The van der Waals surface area contributed by atoms with Crippen molar-refractivity contribution in [3.8, 4) is 0 Å². The third-order valence-electron chi connectivity index (χ3n) is 2.85. The molecule has 0 aromatic carbocycles. The Morgan fingerprint density at radius 2 is 1.81 bits per heavy atom. The van der Waals surface area contributed by atoms with Gasteiger partial charge in [-0.25, -0.2) is 4.98 Å². The fourth-order valence-electron chi connectivity index (χ4n) is 1.90. The monoisotopic (exact) mass is 217 g/mol. The number of nitrogens with zero attached hydrogens (tertiary/aromatic N) is 3. The maximum atomic E-state index is 4.66. The first-order valence-corrected chi connectivity index (χ1v) is 5.83. The first-order valence-electron chi connectivity index (χ1n) is 5.83. The third kappa shape index (κ3) is 1.82. The van der Waals surface area contributed by atoms with E-state index in [1.165, 1.54) is 5.56 Å². The zero-order valence-electron chi connectivity index (χ0n) is 10.7. The highest BCUT2D eigenvalue weighted by molar-refractivity contribution is 5.78. The number of rotatable bonds is 2. The lowest BCUT2D eigenvalue weighted by molar-refractivity contribution is 0.773. The molecule has 0 fully saturated rings. The number of aryl methyl sites for hydroxylation is 1. The average Bonchev–Trinajstić information content (AvgIpc) is 2.55. The van der Waals surface area contributed by atoms with Crippen molar-refractivity contribution in [1.82, 2.24) is 14.8 Å². The molecular formula is C13H19N3. The smallest absolute Gasteiger partial charge is 0.114 e. The minimum absolute atomic E-state index is 0.460. The van der Waals surface area contributed by atoms with E-state index >= 15 is 0 Å². The summed E-state index contributed by atoms with van der Waals surface area (Å²) in [6.45, 7) is 8.75. The molecule has 3 heteroatoms. The predicted octanol–water partition coefficient (Wildman–Crippen LogP) is 3.22. The van der Waals surface area contributed by atoms with Crippen molar-refractivity contribution >= 4 is 11.0 Å². The van der Waals surface area contributed by atoms with Crippen LogP contribution in [0, 0.1) is 0 Å². The number of hydrogen-bond donors (Lipinski definition) is 0. The van der Waals surface area contributed by atoms with Crippen LogP contribution in [0.3, 0.4) is 0 Å². The van der Waals surface area contributed by atoms with Crippen molar-refractivity contribution in [2.24, 2.45) is 7.05 Å². The van der Waals surface area contributed by atoms with E-state index in [1.807, 2.05) is 17.9 Å². The van der Waals surface area contributed by atoms with E-state index < -0.39 is 0 Å². The normalized spacial score (nSPS) is 11.9. The predicted molar refractivity (Wildman–Crippen MR) is 66.7 cm³/mol. The molecule has 0 N–H and O–H groups in total. The van der Waals surface area contributed by atoms with Crippen molar-refractivity contribution in [1.29, 1.82) is 0 Å². The number of fused-ring (bicyclic) bond motifs is 1. The largest absolute Gasteiger partial charge is 0.273 e. The van der Waals surface area contributed by atoms with Gasteiger partial charge in [0.05, 0.1) is 6.20 Å². The van der Waals surface area contributed by atoms with E-state index in [0.29, 0.717) is 11.8 Å². The molecule has 0 radical (unpaired) electrons. The van der Waals surface area contributed by atoms with Crippen LogP contribution in [-0.4, -0.2) is 14.8 Å². The molecule has 0 amide bonds. The van der Waals surface area contributed by atoms with Gasteiger partial charge in [-0.2, -0.15) is 5.10 Å². The maximum absolute atomic E-state index is 4.66. The summed E-state index contributed by atoms with van der Waals surface area (Å²) in [5, 5.41) is 4.49. The number of aromatic nitrogens is 3. The molecule has 0 unspecified atom stereocenters. The van der Waals surface area contributed by atoms with E-state index in [1.54, 1.807) is 0 Å². The number of pyridine rings is 1. The van der Waals surface area contributed by atoms with Crippen molar-refractivity contribution in [2.75, 3.05) is 0 Å². The molecule has 0 aliphatic heterocycles. The Kier molecular flexibility index (Phi) is 2.70. The summed E-state index contributed by atoms with van der Waals surface area (Å²) < 4.78 is 1.84. The molecule has 16 heavy (non-hydrogen) atoms. The van der Waals surface area contributed by atoms with Gasteiger partial charge >= 0.3 is 0 Å². The molecule has 2 heterocycles. The van der Waals surface area contributed by atoms with Crippen LogP contribution in [0.25, 0.3) is 11.0 Å². The van der Waals surface area contributed by atoms with Gasteiger partial charge in [-0.3, -0.25) is 4.68 Å². The minimum atomic E-state index is 0.460. The van der Waals surface area contributed by atoms with Crippen molar-refractivity contribution in [3.63, 3.8) is 0 Å². The molecule has 2 aromatic rings. The lowest BCUT2D eigenvalue weighted by atomic mass is 9.99. The first kappa shape index (κ1) is 11.1. The molecule has 0 saturated carbocycles. The lowest BCUT2D eigenvalue weighted by Gasteiger charge is -2.10. The van der Waals surface area contributed by atoms with Gasteiger partial charge in [0.2, 0.25) is 0 Å². The van der Waals surface area contributed by atoms with Crippen molar-refractivity contribution in [3.05, 3.63) is 23.5 Å². The Labute approximate surface area is 96.5 Å². The van der Waals surface area contributed by atoms with Crippen molar-refractivity contribution in [2.45, 2.75) is 39.5 Å². The summed E-state index contributed by atoms with van der Waals surface area (Å²) in [6.07, 6.45) is 1.99. The minimum Gasteiger partial charge on any atom is -0.273 e. The topological polar surface area (TPSA) is 30.7 Å². The highest BCUT2D eigenvalue weighted by atomic mass is 15.3. The van der Waals surface area contributed by atoms with Gasteiger partial charge in [-0.1, -0.05) is 27.7 Å². The van der Waals surface area contributed by atoms with Gasteiger partial charge in [0.15, 0.2) is 0 Å². The van der Waals surface area contributed by atoms with Gasteiger partial charge in [0.1, 0.15) is 11.0 Å². The van der Waals surface area contributed by atoms with Gasteiger partial charge in [-0.05, 0) is 23.5 Å². The zero-order chi connectivity index (χ0) is 11.9. The molecule has 2 aromatic heterocycles. The van der Waals surface area contributed by atoms with E-state index in [4.69, 9.17) is 0 Å². The van der Waals surface area contributed by atoms with E-state index in [0.717, 1.165) is 16.7 Å². The molecular weight excluding hydrogens is 198 g/mol. The van der Waals surface area contributed by atoms with Crippen LogP contribution in [0.4, 0.5) is 0 Å². The Bertz CT molecular complexity index is 509. The van der Waals surface area contributed by atoms with Crippen LogP contribution >= 0.6 is 0 Å². The van der Waals surface area contributed by atoms with E-state index in [9.17, 15) is 0 Å². The second-order valence-corrected chi connectivity index (χ2v) is 4.98. The van der Waals surface area contributed by atoms with Crippen LogP contribution in [-0.2, 0) is 7.05 Å².